The Hall–Kier alpha value is -3.52. The molecule has 292 valence electrons. The number of ketones is 2. The lowest BCUT2D eigenvalue weighted by molar-refractivity contribution is -0.114. The van der Waals surface area contributed by atoms with Gasteiger partial charge in [0.2, 0.25) is 0 Å². The zero-order valence-corrected chi connectivity index (χ0v) is 35.8. The number of hydrogen-bond acceptors (Lipinski definition) is 2. The summed E-state index contributed by atoms with van der Waals surface area (Å²) < 4.78 is 0. The predicted molar refractivity (Wildman–Crippen MR) is 235 cm³/mol. The van der Waals surface area contributed by atoms with E-state index in [2.05, 4.69) is 124 Å². The van der Waals surface area contributed by atoms with Crippen LogP contribution in [0.1, 0.15) is 178 Å². The Kier molecular flexibility index (Phi) is 25.9. The third kappa shape index (κ3) is 26.8. The molecule has 0 radical (unpaired) electrons. The van der Waals surface area contributed by atoms with Crippen LogP contribution in [0, 0.1) is 0 Å². The first-order valence-electron chi connectivity index (χ1n) is 20.6. The molecule has 0 spiro atoms. The minimum atomic E-state index is -0.0977. The number of hydrogen-bond donors (Lipinski definition) is 0. The zero-order chi connectivity index (χ0) is 39.4. The molecule has 0 fully saturated rings. The molecule has 2 nitrogen and oxygen atoms in total. The maximum absolute atomic E-state index is 11.9. The molecule has 0 unspecified atom stereocenters. The summed E-state index contributed by atoms with van der Waals surface area (Å²) in [5, 5.41) is 0. The first-order valence-corrected chi connectivity index (χ1v) is 20.6. The summed E-state index contributed by atoms with van der Waals surface area (Å²) in [6.45, 7) is 22.4. The van der Waals surface area contributed by atoms with E-state index in [-0.39, 0.29) is 11.6 Å². The Morgan fingerprint density at radius 3 is 0.925 bits per heavy atom. The third-order valence-corrected chi connectivity index (χ3v) is 10.0. The molecule has 1 rings (SSSR count). The molecule has 0 aliphatic heterocycles. The van der Waals surface area contributed by atoms with Gasteiger partial charge in [-0.05, 0) is 197 Å². The van der Waals surface area contributed by atoms with Crippen molar-refractivity contribution < 1.29 is 9.59 Å². The average Bonchev–Trinajstić information content (AvgIpc) is 3.08. The molecule has 0 aromatic carbocycles. The molecule has 53 heavy (non-hydrogen) atoms. The van der Waals surface area contributed by atoms with Gasteiger partial charge in [-0.2, -0.15) is 0 Å². The molecule has 2 heteroatoms. The van der Waals surface area contributed by atoms with Crippen molar-refractivity contribution in [2.75, 3.05) is 0 Å². The molecular formula is C51H76O2. The first kappa shape index (κ1) is 47.5. The highest BCUT2D eigenvalue weighted by atomic mass is 16.1. The molecule has 0 atom stereocenters. The van der Waals surface area contributed by atoms with Gasteiger partial charge < -0.3 is 0 Å². The molecule has 0 N–H and O–H groups in total. The van der Waals surface area contributed by atoms with Gasteiger partial charge in [0.15, 0.2) is 11.6 Å². The van der Waals surface area contributed by atoms with Crippen molar-refractivity contribution in [3.63, 3.8) is 0 Å². The van der Waals surface area contributed by atoms with Crippen LogP contribution in [-0.4, -0.2) is 11.6 Å². The van der Waals surface area contributed by atoms with Crippen LogP contribution < -0.4 is 0 Å². The zero-order valence-electron chi connectivity index (χ0n) is 35.8. The summed E-state index contributed by atoms with van der Waals surface area (Å²) in [6, 6.07) is 0. The predicted octanol–water partition coefficient (Wildman–Crippen LogP) is 15.8. The van der Waals surface area contributed by atoms with E-state index in [9.17, 15) is 9.59 Å². The van der Waals surface area contributed by atoms with Gasteiger partial charge in [-0.1, -0.05) is 105 Å². The number of allylic oxidation sites excluding steroid dienone is 22. The van der Waals surface area contributed by atoms with E-state index >= 15 is 0 Å². The normalized spacial score (nSPS) is 15.8. The highest BCUT2D eigenvalue weighted by Crippen LogP contribution is 2.18. The monoisotopic (exact) mass is 721 g/mol. The molecule has 0 aromatic rings. The Morgan fingerprint density at radius 1 is 0.377 bits per heavy atom. The minimum Gasteiger partial charge on any atom is -0.290 e. The van der Waals surface area contributed by atoms with E-state index in [0.717, 1.165) is 83.5 Å². The summed E-state index contributed by atoms with van der Waals surface area (Å²) >= 11 is 0. The lowest BCUT2D eigenvalue weighted by Crippen LogP contribution is -2.06. The molecule has 1 aliphatic rings. The van der Waals surface area contributed by atoms with Crippen LogP contribution >= 0.6 is 0 Å². The summed E-state index contributed by atoms with van der Waals surface area (Å²) in [5.74, 6) is -0.151. The fraction of sp³-hybridized carbons (Fsp3) is 0.529. The second-order valence-electron chi connectivity index (χ2n) is 16.0. The van der Waals surface area contributed by atoms with Crippen LogP contribution in [-0.2, 0) is 9.59 Å². The third-order valence-electron chi connectivity index (χ3n) is 10.0. The van der Waals surface area contributed by atoms with Gasteiger partial charge in [0.1, 0.15) is 0 Å². The molecule has 0 saturated carbocycles. The maximum atomic E-state index is 11.9. The molecule has 0 heterocycles. The van der Waals surface area contributed by atoms with Crippen molar-refractivity contribution in [3.8, 4) is 0 Å². The van der Waals surface area contributed by atoms with Gasteiger partial charge in [-0.25, -0.2) is 0 Å². The van der Waals surface area contributed by atoms with E-state index in [1.807, 2.05) is 0 Å². The first-order chi connectivity index (χ1) is 25.2. The lowest BCUT2D eigenvalue weighted by Gasteiger charge is -2.05. The molecule has 0 bridgehead atoms. The Morgan fingerprint density at radius 2 is 0.642 bits per heavy atom. The van der Waals surface area contributed by atoms with Crippen LogP contribution in [0.3, 0.4) is 0 Å². The van der Waals surface area contributed by atoms with Crippen LogP contribution in [0.25, 0.3) is 0 Å². The summed E-state index contributed by atoms with van der Waals surface area (Å²) in [6.07, 6.45) is 44.1. The lowest BCUT2D eigenvalue weighted by atomic mass is 9.98. The topological polar surface area (TPSA) is 34.1 Å². The second-order valence-corrected chi connectivity index (χ2v) is 16.0. The van der Waals surface area contributed by atoms with Crippen LogP contribution in [0.2, 0.25) is 0 Å². The standard InChI is InChI=1S/C51H76O2/c1-40(2)19-11-20-41(3)21-12-22-42(4)23-13-24-43(5)25-14-26-44(6)27-15-28-45(7)29-16-30-46(8)31-17-32-47(9)33-18-34-48(10)35-36-49-39-50(52)37-38-51(49)53/h19,21,23,25,27,29,31,33,35,37-39H,11-18,20,22,24,26,28,30,32,34,36H2,1-10H3/b41-21+,42-23+,43-25+,44-27+,45-29+,46-31+,47-33+,48-35+. The van der Waals surface area contributed by atoms with E-state index < -0.39 is 0 Å². The van der Waals surface area contributed by atoms with Crippen LogP contribution in [0.15, 0.2) is 129 Å². The Bertz CT molecular complexity index is 1490. The molecule has 0 amide bonds. The van der Waals surface area contributed by atoms with Crippen molar-refractivity contribution in [3.05, 3.63) is 129 Å². The highest BCUT2D eigenvalue weighted by Gasteiger charge is 2.11. The Labute approximate surface area is 327 Å². The van der Waals surface area contributed by atoms with Crippen LogP contribution in [0.5, 0.6) is 0 Å². The van der Waals surface area contributed by atoms with Gasteiger partial charge in [0.05, 0.1) is 0 Å². The fourth-order valence-corrected chi connectivity index (χ4v) is 6.23. The maximum Gasteiger partial charge on any atom is 0.182 e. The molecule has 0 aromatic heterocycles. The smallest absolute Gasteiger partial charge is 0.182 e. The minimum absolute atomic E-state index is 0.0532. The van der Waals surface area contributed by atoms with Crippen molar-refractivity contribution in [2.45, 2.75) is 178 Å². The fourth-order valence-electron chi connectivity index (χ4n) is 6.23. The number of rotatable bonds is 26. The van der Waals surface area contributed by atoms with E-state index in [1.54, 1.807) is 0 Å². The average molecular weight is 721 g/mol. The van der Waals surface area contributed by atoms with Gasteiger partial charge in [-0.15, -0.1) is 0 Å². The summed E-state index contributed by atoms with van der Waals surface area (Å²) in [5.41, 5.74) is 13.7. The molecular weight excluding hydrogens is 645 g/mol. The highest BCUT2D eigenvalue weighted by molar-refractivity contribution is 6.17. The quantitative estimate of drug-likeness (QED) is 0.0658. The van der Waals surface area contributed by atoms with E-state index in [0.29, 0.717) is 12.0 Å². The van der Waals surface area contributed by atoms with Gasteiger partial charge in [0.25, 0.3) is 0 Å². The summed E-state index contributed by atoms with van der Waals surface area (Å²) in [7, 11) is 0. The number of carbonyl (C=O) groups excluding carboxylic acids is 2. The van der Waals surface area contributed by atoms with Crippen molar-refractivity contribution in [2.24, 2.45) is 0 Å². The SMILES string of the molecule is CC(C)=CCC/C(C)=C/CC/C(C)=C/CC/C(C)=C/CC/C(C)=C/CC/C(C)=C/CC/C(C)=C/CC/C(C)=C/CC/C(C)=C/CC1=CC(=O)C=CC1=O. The van der Waals surface area contributed by atoms with Crippen molar-refractivity contribution >= 4 is 11.6 Å². The van der Waals surface area contributed by atoms with Gasteiger partial charge >= 0.3 is 0 Å². The van der Waals surface area contributed by atoms with E-state index in [1.165, 1.54) is 87.6 Å². The Balaban J connectivity index is 2.24. The van der Waals surface area contributed by atoms with Gasteiger partial charge in [-0.3, -0.25) is 9.59 Å². The summed E-state index contributed by atoms with van der Waals surface area (Å²) in [4.78, 5) is 23.4. The molecule has 1 aliphatic carbocycles. The van der Waals surface area contributed by atoms with Crippen molar-refractivity contribution in [1.82, 2.24) is 0 Å². The van der Waals surface area contributed by atoms with Crippen molar-refractivity contribution in [1.29, 1.82) is 0 Å². The second kappa shape index (κ2) is 28.9. The van der Waals surface area contributed by atoms with E-state index in [4.69, 9.17) is 0 Å². The number of carbonyl (C=O) groups is 2. The van der Waals surface area contributed by atoms with Gasteiger partial charge in [0, 0.05) is 5.57 Å². The van der Waals surface area contributed by atoms with Crippen LogP contribution in [0.4, 0.5) is 0 Å². The molecule has 0 saturated heterocycles. The largest absolute Gasteiger partial charge is 0.290 e.